The average Bonchev–Trinajstić information content (AvgIpc) is 2.91. The molecule has 0 saturated heterocycles. The Morgan fingerprint density at radius 1 is 0.778 bits per heavy atom. The quantitative estimate of drug-likeness (QED) is 0.230. The smallest absolute Gasteiger partial charge is 0.255 e. The van der Waals surface area contributed by atoms with Crippen LogP contribution in [0, 0.1) is 12.4 Å². The first-order chi connectivity index (χ1) is 17.6. The van der Waals surface area contributed by atoms with Gasteiger partial charge in [-0.1, -0.05) is 6.07 Å². The number of carbonyl (C=O) groups excluding carboxylic acids is 1. The predicted octanol–water partition coefficient (Wildman–Crippen LogP) is 7.06. The molecular formula is C28H19FN6O. The maximum absolute atomic E-state index is 14.4. The zero-order chi connectivity index (χ0) is 24.9. The lowest BCUT2D eigenvalue weighted by atomic mass is 10.1. The van der Waals surface area contributed by atoms with Gasteiger partial charge in [0.05, 0.1) is 17.8 Å². The van der Waals surface area contributed by atoms with Crippen LogP contribution in [0.2, 0.25) is 0 Å². The summed E-state index contributed by atoms with van der Waals surface area (Å²) in [5.41, 5.74) is 4.71. The molecule has 1 amide bonds. The van der Waals surface area contributed by atoms with Gasteiger partial charge in [-0.05, 0) is 72.8 Å². The molecule has 3 N–H and O–H groups in total. The molecule has 36 heavy (non-hydrogen) atoms. The zero-order valence-electron chi connectivity index (χ0n) is 18.9. The molecular weight excluding hydrogens is 455 g/mol. The average molecular weight is 474 g/mol. The van der Waals surface area contributed by atoms with Gasteiger partial charge in [-0.2, -0.15) is 0 Å². The third-order valence-corrected chi connectivity index (χ3v) is 5.46. The Kier molecular flexibility index (Phi) is 6.19. The van der Waals surface area contributed by atoms with E-state index in [4.69, 9.17) is 6.57 Å². The molecule has 0 saturated carbocycles. The fourth-order valence-corrected chi connectivity index (χ4v) is 3.67. The molecule has 2 heterocycles. The van der Waals surface area contributed by atoms with E-state index >= 15 is 0 Å². The van der Waals surface area contributed by atoms with Gasteiger partial charge in [0.25, 0.3) is 5.91 Å². The molecule has 0 fully saturated rings. The summed E-state index contributed by atoms with van der Waals surface area (Å²) >= 11 is 0. The first-order valence-corrected chi connectivity index (χ1v) is 11.0. The van der Waals surface area contributed by atoms with Crippen LogP contribution in [0.4, 0.5) is 38.5 Å². The Bertz CT molecular complexity index is 1600. The van der Waals surface area contributed by atoms with Crippen molar-refractivity contribution in [3.63, 3.8) is 0 Å². The monoisotopic (exact) mass is 474 g/mol. The molecule has 5 aromatic rings. The topological polar surface area (TPSA) is 83.3 Å². The fraction of sp³-hybridized carbons (Fsp3) is 0. The number of rotatable bonds is 6. The second-order valence-electron chi connectivity index (χ2n) is 7.88. The molecule has 0 atom stereocenters. The normalized spacial score (nSPS) is 10.4. The lowest BCUT2D eigenvalue weighted by molar-refractivity contribution is 0.102. The second-order valence-corrected chi connectivity index (χ2v) is 7.88. The predicted molar refractivity (Wildman–Crippen MR) is 140 cm³/mol. The van der Waals surface area contributed by atoms with Crippen LogP contribution >= 0.6 is 0 Å². The minimum absolute atomic E-state index is 0.0696. The highest BCUT2D eigenvalue weighted by Gasteiger charge is 2.11. The SMILES string of the molecule is [C-]#[N+]c1ccc2nccc(Nc3ccc(C(=O)Nc4cc(Nc5ccncc5)ccc4F)cc3)c2c1. The van der Waals surface area contributed by atoms with Gasteiger partial charge < -0.3 is 16.0 Å². The van der Waals surface area contributed by atoms with Gasteiger partial charge in [-0.25, -0.2) is 9.24 Å². The molecule has 0 unspecified atom stereocenters. The van der Waals surface area contributed by atoms with E-state index in [2.05, 4.69) is 30.8 Å². The Morgan fingerprint density at radius 2 is 1.53 bits per heavy atom. The third kappa shape index (κ3) is 4.95. The van der Waals surface area contributed by atoms with Crippen molar-refractivity contribution in [2.24, 2.45) is 0 Å². The van der Waals surface area contributed by atoms with E-state index in [9.17, 15) is 9.18 Å². The van der Waals surface area contributed by atoms with E-state index in [1.54, 1.807) is 73.2 Å². The number of nitrogens with one attached hydrogen (secondary N) is 3. The first-order valence-electron chi connectivity index (χ1n) is 11.0. The van der Waals surface area contributed by atoms with Crippen molar-refractivity contribution in [1.82, 2.24) is 9.97 Å². The van der Waals surface area contributed by atoms with Crippen molar-refractivity contribution in [1.29, 1.82) is 0 Å². The summed E-state index contributed by atoms with van der Waals surface area (Å²) < 4.78 is 14.4. The minimum atomic E-state index is -0.537. The van der Waals surface area contributed by atoms with Crippen molar-refractivity contribution >= 4 is 50.9 Å². The van der Waals surface area contributed by atoms with Crippen LogP contribution in [0.1, 0.15) is 10.4 Å². The number of nitrogens with zero attached hydrogens (tertiary/aromatic N) is 3. The molecule has 0 spiro atoms. The van der Waals surface area contributed by atoms with Crippen LogP contribution in [-0.4, -0.2) is 15.9 Å². The number of hydrogen-bond acceptors (Lipinski definition) is 5. The molecule has 0 aliphatic carbocycles. The lowest BCUT2D eigenvalue weighted by Gasteiger charge is -2.12. The lowest BCUT2D eigenvalue weighted by Crippen LogP contribution is -2.13. The maximum atomic E-state index is 14.4. The van der Waals surface area contributed by atoms with Gasteiger partial charge in [0.1, 0.15) is 5.82 Å². The number of fused-ring (bicyclic) bond motifs is 1. The number of amides is 1. The summed E-state index contributed by atoms with van der Waals surface area (Å²) in [6.07, 6.45) is 4.99. The summed E-state index contributed by atoms with van der Waals surface area (Å²) in [7, 11) is 0. The van der Waals surface area contributed by atoms with Crippen molar-refractivity contribution in [3.05, 3.63) is 120 Å². The van der Waals surface area contributed by atoms with E-state index in [1.807, 2.05) is 12.1 Å². The minimum Gasteiger partial charge on any atom is -0.355 e. The van der Waals surface area contributed by atoms with Crippen molar-refractivity contribution in [2.45, 2.75) is 0 Å². The standard InChI is InChI=1S/C28H19FN6O/c1-30-21-7-9-25-23(16-21)26(12-15-32-25)34-19-4-2-18(3-5-19)28(36)35-27-17-22(6-8-24(27)29)33-20-10-13-31-14-11-20/h2-17H,(H,31,33)(H,32,34)(H,35,36). The highest BCUT2D eigenvalue weighted by molar-refractivity contribution is 6.05. The molecule has 0 bridgehead atoms. The largest absolute Gasteiger partial charge is 0.355 e. The number of anilines is 5. The maximum Gasteiger partial charge on any atom is 0.255 e. The van der Waals surface area contributed by atoms with E-state index in [0.29, 0.717) is 16.9 Å². The van der Waals surface area contributed by atoms with Crippen LogP contribution in [0.5, 0.6) is 0 Å². The summed E-state index contributed by atoms with van der Waals surface area (Å²) in [6, 6.07) is 22.0. The van der Waals surface area contributed by atoms with Gasteiger partial charge in [0.15, 0.2) is 5.69 Å². The number of benzene rings is 3. The fourth-order valence-electron chi connectivity index (χ4n) is 3.67. The van der Waals surface area contributed by atoms with Crippen molar-refractivity contribution in [3.8, 4) is 0 Å². The highest BCUT2D eigenvalue weighted by Crippen LogP contribution is 2.29. The van der Waals surface area contributed by atoms with Crippen LogP contribution in [0.15, 0.2) is 97.5 Å². The van der Waals surface area contributed by atoms with Gasteiger partial charge in [-0.3, -0.25) is 14.8 Å². The number of aromatic nitrogens is 2. The molecule has 5 rings (SSSR count). The molecule has 2 aromatic heterocycles. The molecule has 0 aliphatic rings. The molecule has 8 heteroatoms. The molecule has 3 aromatic carbocycles. The van der Waals surface area contributed by atoms with Crippen molar-refractivity contribution < 1.29 is 9.18 Å². The highest BCUT2D eigenvalue weighted by atomic mass is 19.1. The Morgan fingerprint density at radius 3 is 2.31 bits per heavy atom. The van der Waals surface area contributed by atoms with E-state index < -0.39 is 11.7 Å². The molecule has 0 aliphatic heterocycles. The van der Waals surface area contributed by atoms with Crippen LogP contribution in [-0.2, 0) is 0 Å². The van der Waals surface area contributed by atoms with Gasteiger partial charge in [0, 0.05) is 52.3 Å². The summed E-state index contributed by atoms with van der Waals surface area (Å²) in [5.74, 6) is -0.970. The summed E-state index contributed by atoms with van der Waals surface area (Å²) in [4.78, 5) is 24.6. The van der Waals surface area contributed by atoms with E-state index in [0.717, 1.165) is 28.0 Å². The Labute approximate surface area is 206 Å². The van der Waals surface area contributed by atoms with Gasteiger partial charge in [-0.15, -0.1) is 0 Å². The van der Waals surface area contributed by atoms with Crippen molar-refractivity contribution in [2.75, 3.05) is 16.0 Å². The third-order valence-electron chi connectivity index (χ3n) is 5.46. The van der Waals surface area contributed by atoms with Crippen LogP contribution < -0.4 is 16.0 Å². The Balaban J connectivity index is 1.31. The first kappa shape index (κ1) is 22.5. The van der Waals surface area contributed by atoms with E-state index in [-0.39, 0.29) is 5.69 Å². The van der Waals surface area contributed by atoms with E-state index in [1.165, 1.54) is 12.1 Å². The molecule has 0 radical (unpaired) electrons. The number of pyridine rings is 2. The number of halogens is 1. The zero-order valence-corrected chi connectivity index (χ0v) is 18.9. The molecule has 7 nitrogen and oxygen atoms in total. The number of carbonyl (C=O) groups is 1. The van der Waals surface area contributed by atoms with Gasteiger partial charge >= 0.3 is 0 Å². The summed E-state index contributed by atoms with van der Waals surface area (Å²) in [5, 5.41) is 9.91. The summed E-state index contributed by atoms with van der Waals surface area (Å²) in [6.45, 7) is 7.25. The van der Waals surface area contributed by atoms with Gasteiger partial charge in [0.2, 0.25) is 0 Å². The second kappa shape index (κ2) is 9.91. The molecule has 174 valence electrons. The number of hydrogen-bond donors (Lipinski definition) is 3. The van der Waals surface area contributed by atoms with Crippen LogP contribution in [0.25, 0.3) is 15.7 Å². The Hall–Kier alpha value is -5.29. The van der Waals surface area contributed by atoms with Crippen LogP contribution in [0.3, 0.4) is 0 Å².